The van der Waals surface area contributed by atoms with Gasteiger partial charge in [0.1, 0.15) is 0 Å². The van der Waals surface area contributed by atoms with E-state index in [0.29, 0.717) is 0 Å². The third-order valence-electron chi connectivity index (χ3n) is 4.10. The summed E-state index contributed by atoms with van der Waals surface area (Å²) < 4.78 is 6.06. The summed E-state index contributed by atoms with van der Waals surface area (Å²) >= 11 is 0. The van der Waals surface area contributed by atoms with Gasteiger partial charge in [0.25, 0.3) is 0 Å². The molecule has 2 N–H and O–H groups in total. The molecule has 0 bridgehead atoms. The van der Waals surface area contributed by atoms with Gasteiger partial charge >= 0.3 is 0 Å². The molecule has 1 aliphatic rings. The lowest BCUT2D eigenvalue weighted by molar-refractivity contribution is -0.0838. The van der Waals surface area contributed by atoms with Gasteiger partial charge in [-0.15, -0.1) is 0 Å². The summed E-state index contributed by atoms with van der Waals surface area (Å²) in [6.07, 6.45) is 9.93. The predicted molar refractivity (Wildman–Crippen MR) is 74.1 cm³/mol. The first kappa shape index (κ1) is 15.0. The SMILES string of the molecule is CCOC1(C(N)CCCC(C)C)CCCCC1. The van der Waals surface area contributed by atoms with Crippen LogP contribution in [0.5, 0.6) is 0 Å². The van der Waals surface area contributed by atoms with Gasteiger partial charge in [-0.05, 0) is 32.1 Å². The molecule has 0 radical (unpaired) electrons. The number of ether oxygens (including phenoxy) is 1. The van der Waals surface area contributed by atoms with Gasteiger partial charge in [0, 0.05) is 12.6 Å². The number of rotatable bonds is 7. The van der Waals surface area contributed by atoms with Gasteiger partial charge in [0.15, 0.2) is 0 Å². The predicted octanol–water partition coefficient (Wildman–Crippen LogP) is 3.88. The molecule has 1 rings (SSSR count). The van der Waals surface area contributed by atoms with Crippen LogP contribution < -0.4 is 5.73 Å². The zero-order valence-corrected chi connectivity index (χ0v) is 12.0. The lowest BCUT2D eigenvalue weighted by Crippen LogP contribution is -2.51. The van der Waals surface area contributed by atoms with Crippen LogP contribution in [0.4, 0.5) is 0 Å². The van der Waals surface area contributed by atoms with E-state index in [-0.39, 0.29) is 11.6 Å². The van der Waals surface area contributed by atoms with Crippen molar-refractivity contribution in [3.63, 3.8) is 0 Å². The molecule has 0 spiro atoms. The van der Waals surface area contributed by atoms with Crippen molar-refractivity contribution in [1.29, 1.82) is 0 Å². The second kappa shape index (κ2) is 7.38. The van der Waals surface area contributed by atoms with E-state index in [9.17, 15) is 0 Å². The molecular formula is C15H31NO. The highest BCUT2D eigenvalue weighted by Gasteiger charge is 2.38. The first-order chi connectivity index (χ1) is 8.10. The van der Waals surface area contributed by atoms with Crippen molar-refractivity contribution in [1.82, 2.24) is 0 Å². The van der Waals surface area contributed by atoms with E-state index in [2.05, 4.69) is 20.8 Å². The van der Waals surface area contributed by atoms with Gasteiger partial charge in [0.2, 0.25) is 0 Å². The molecule has 17 heavy (non-hydrogen) atoms. The molecule has 102 valence electrons. The smallest absolute Gasteiger partial charge is 0.0832 e. The Morgan fingerprint density at radius 1 is 1.12 bits per heavy atom. The van der Waals surface area contributed by atoms with Crippen molar-refractivity contribution in [2.24, 2.45) is 11.7 Å². The van der Waals surface area contributed by atoms with Crippen LogP contribution in [0.2, 0.25) is 0 Å². The Labute approximate surface area is 107 Å². The minimum absolute atomic E-state index is 0.00395. The van der Waals surface area contributed by atoms with E-state index in [4.69, 9.17) is 10.5 Å². The fraction of sp³-hybridized carbons (Fsp3) is 1.00. The van der Waals surface area contributed by atoms with Crippen LogP contribution in [-0.4, -0.2) is 18.2 Å². The molecule has 0 heterocycles. The zero-order chi connectivity index (χ0) is 12.7. The summed E-state index contributed by atoms with van der Waals surface area (Å²) in [6, 6.07) is 0.237. The normalized spacial score (nSPS) is 21.7. The maximum atomic E-state index is 6.43. The zero-order valence-electron chi connectivity index (χ0n) is 12.0. The molecule has 1 atom stereocenters. The van der Waals surface area contributed by atoms with Crippen LogP contribution in [-0.2, 0) is 4.74 Å². The molecule has 2 nitrogen and oxygen atoms in total. The van der Waals surface area contributed by atoms with Gasteiger partial charge in [-0.1, -0.05) is 46.0 Å². The van der Waals surface area contributed by atoms with Crippen LogP contribution in [0.15, 0.2) is 0 Å². The van der Waals surface area contributed by atoms with Gasteiger partial charge in [-0.2, -0.15) is 0 Å². The highest BCUT2D eigenvalue weighted by atomic mass is 16.5. The quantitative estimate of drug-likeness (QED) is 0.734. The summed E-state index contributed by atoms with van der Waals surface area (Å²) in [5.74, 6) is 0.789. The van der Waals surface area contributed by atoms with Crippen molar-refractivity contribution in [3.05, 3.63) is 0 Å². The maximum Gasteiger partial charge on any atom is 0.0832 e. The summed E-state index contributed by atoms with van der Waals surface area (Å²) in [5.41, 5.74) is 6.43. The fourth-order valence-corrected chi connectivity index (χ4v) is 3.07. The van der Waals surface area contributed by atoms with E-state index < -0.39 is 0 Å². The van der Waals surface area contributed by atoms with E-state index in [1.807, 2.05) is 0 Å². The van der Waals surface area contributed by atoms with Gasteiger partial charge in [0.05, 0.1) is 5.60 Å². The minimum atomic E-state index is 0.00395. The van der Waals surface area contributed by atoms with Crippen molar-refractivity contribution in [2.75, 3.05) is 6.61 Å². The van der Waals surface area contributed by atoms with E-state index in [1.165, 1.54) is 44.9 Å². The second-order valence-corrected chi connectivity index (χ2v) is 5.99. The van der Waals surface area contributed by atoms with Crippen LogP contribution >= 0.6 is 0 Å². The topological polar surface area (TPSA) is 35.2 Å². The number of hydrogen-bond acceptors (Lipinski definition) is 2. The standard InChI is InChI=1S/C15H31NO/c1-4-17-15(11-6-5-7-12-15)14(16)10-8-9-13(2)3/h13-14H,4-12,16H2,1-3H3. The van der Waals surface area contributed by atoms with Gasteiger partial charge in [-0.25, -0.2) is 0 Å². The van der Waals surface area contributed by atoms with E-state index >= 15 is 0 Å². The molecule has 1 saturated carbocycles. The van der Waals surface area contributed by atoms with Crippen LogP contribution in [0, 0.1) is 5.92 Å². The average molecular weight is 241 g/mol. The molecule has 0 aromatic rings. The highest BCUT2D eigenvalue weighted by molar-refractivity contribution is 4.93. The number of nitrogens with two attached hydrogens (primary N) is 1. The van der Waals surface area contributed by atoms with Crippen LogP contribution in [0.3, 0.4) is 0 Å². The summed E-state index contributed by atoms with van der Waals surface area (Å²) in [7, 11) is 0. The molecule has 0 aromatic heterocycles. The summed E-state index contributed by atoms with van der Waals surface area (Å²) in [6.45, 7) is 7.46. The Balaban J connectivity index is 2.44. The summed E-state index contributed by atoms with van der Waals surface area (Å²) in [5, 5.41) is 0. The van der Waals surface area contributed by atoms with E-state index in [0.717, 1.165) is 18.9 Å². The van der Waals surface area contributed by atoms with E-state index in [1.54, 1.807) is 0 Å². The molecule has 2 heteroatoms. The molecule has 1 fully saturated rings. The first-order valence-corrected chi connectivity index (χ1v) is 7.50. The fourth-order valence-electron chi connectivity index (χ4n) is 3.07. The Kier molecular flexibility index (Phi) is 6.50. The molecule has 1 aliphatic carbocycles. The Hall–Kier alpha value is -0.0800. The molecule has 1 unspecified atom stereocenters. The summed E-state index contributed by atoms with van der Waals surface area (Å²) in [4.78, 5) is 0. The lowest BCUT2D eigenvalue weighted by atomic mass is 9.77. The van der Waals surface area contributed by atoms with Crippen molar-refractivity contribution in [2.45, 2.75) is 83.8 Å². The molecule has 0 aromatic carbocycles. The van der Waals surface area contributed by atoms with Crippen molar-refractivity contribution in [3.8, 4) is 0 Å². The van der Waals surface area contributed by atoms with Crippen molar-refractivity contribution >= 4 is 0 Å². The van der Waals surface area contributed by atoms with Gasteiger partial charge in [-0.3, -0.25) is 0 Å². The second-order valence-electron chi connectivity index (χ2n) is 5.99. The Morgan fingerprint density at radius 2 is 1.76 bits per heavy atom. The lowest BCUT2D eigenvalue weighted by Gasteiger charge is -2.41. The molecule has 0 aliphatic heterocycles. The third kappa shape index (κ3) is 4.59. The largest absolute Gasteiger partial charge is 0.374 e. The average Bonchev–Trinajstić information content (AvgIpc) is 2.30. The molecule has 0 amide bonds. The third-order valence-corrected chi connectivity index (χ3v) is 4.10. The first-order valence-electron chi connectivity index (χ1n) is 7.50. The highest BCUT2D eigenvalue weighted by Crippen LogP contribution is 2.35. The Morgan fingerprint density at radius 3 is 2.29 bits per heavy atom. The van der Waals surface area contributed by atoms with Crippen molar-refractivity contribution < 1.29 is 4.74 Å². The molecular weight excluding hydrogens is 210 g/mol. The Bertz CT molecular complexity index is 192. The molecule has 0 saturated heterocycles. The van der Waals surface area contributed by atoms with Gasteiger partial charge < -0.3 is 10.5 Å². The van der Waals surface area contributed by atoms with Crippen LogP contribution in [0.1, 0.15) is 72.1 Å². The monoisotopic (exact) mass is 241 g/mol. The minimum Gasteiger partial charge on any atom is -0.374 e. The number of hydrogen-bond donors (Lipinski definition) is 1. The van der Waals surface area contributed by atoms with Crippen LogP contribution in [0.25, 0.3) is 0 Å². The maximum absolute atomic E-state index is 6.43.